The number of rotatable bonds is 8. The average Bonchev–Trinajstić information content (AvgIpc) is 3.27. The molecule has 0 amide bonds. The van der Waals surface area contributed by atoms with Crippen LogP contribution in [0.1, 0.15) is 43.2 Å². The van der Waals surface area contributed by atoms with Crippen molar-refractivity contribution < 1.29 is 27.2 Å². The topological polar surface area (TPSA) is 103 Å². The van der Waals surface area contributed by atoms with E-state index < -0.39 is 22.6 Å². The largest absolute Gasteiger partial charge is 0.468 e. The van der Waals surface area contributed by atoms with E-state index in [9.17, 15) is 18.0 Å². The van der Waals surface area contributed by atoms with Crippen LogP contribution in [0.15, 0.2) is 64.1 Å². The molecule has 1 aromatic heterocycles. The first-order valence-corrected chi connectivity index (χ1v) is 11.1. The van der Waals surface area contributed by atoms with E-state index in [-0.39, 0.29) is 22.8 Å². The van der Waals surface area contributed by atoms with Gasteiger partial charge in [0.05, 0.1) is 23.3 Å². The maximum absolute atomic E-state index is 12.4. The maximum atomic E-state index is 12.4. The molecule has 3 rings (SSSR count). The van der Waals surface area contributed by atoms with Crippen LogP contribution in [0.3, 0.4) is 0 Å². The van der Waals surface area contributed by atoms with Crippen LogP contribution >= 0.6 is 0 Å². The number of ether oxygens (including phenoxy) is 1. The molecule has 0 spiro atoms. The SMILES string of the molecule is Cc1cc(C)c(C(=O)COC(=O)c2ccc(S(=O)(=O)NCc3ccco3)cc2)cc1C. The quantitative estimate of drug-likeness (QED) is 0.422. The Kier molecular flexibility index (Phi) is 6.72. The Balaban J connectivity index is 1.61. The van der Waals surface area contributed by atoms with Crippen LogP contribution in [0, 0.1) is 20.8 Å². The van der Waals surface area contributed by atoms with Crippen molar-refractivity contribution in [3.8, 4) is 0 Å². The predicted octanol–water partition coefficient (Wildman–Crippen LogP) is 3.72. The number of nitrogens with one attached hydrogen (secondary N) is 1. The van der Waals surface area contributed by atoms with Crippen LogP contribution < -0.4 is 4.72 Å². The lowest BCUT2D eigenvalue weighted by Gasteiger charge is -2.10. The lowest BCUT2D eigenvalue weighted by Crippen LogP contribution is -2.23. The minimum atomic E-state index is -3.77. The van der Waals surface area contributed by atoms with Gasteiger partial charge in [-0.05, 0) is 79.9 Å². The Morgan fingerprint density at radius 3 is 2.29 bits per heavy atom. The fraction of sp³-hybridized carbons (Fsp3) is 0.217. The molecule has 162 valence electrons. The predicted molar refractivity (Wildman–Crippen MR) is 114 cm³/mol. The number of hydrogen-bond donors (Lipinski definition) is 1. The highest BCUT2D eigenvalue weighted by molar-refractivity contribution is 7.89. The van der Waals surface area contributed by atoms with Crippen molar-refractivity contribution >= 4 is 21.8 Å². The van der Waals surface area contributed by atoms with E-state index >= 15 is 0 Å². The van der Waals surface area contributed by atoms with E-state index in [0.29, 0.717) is 11.3 Å². The molecule has 0 unspecified atom stereocenters. The number of esters is 1. The molecule has 0 aliphatic carbocycles. The van der Waals surface area contributed by atoms with Gasteiger partial charge in [0.2, 0.25) is 15.8 Å². The smallest absolute Gasteiger partial charge is 0.338 e. The standard InChI is InChI=1S/C23H23NO6S/c1-15-11-17(3)21(12-16(15)2)22(25)14-30-23(26)18-6-8-20(9-7-18)31(27,28)24-13-19-5-4-10-29-19/h4-12,24H,13-14H2,1-3H3. The molecule has 8 heteroatoms. The number of Topliss-reactive ketones (excluding diaryl/α,β-unsaturated/α-hetero) is 1. The Hall–Kier alpha value is -3.23. The zero-order valence-electron chi connectivity index (χ0n) is 17.5. The number of carbonyl (C=O) groups is 2. The van der Waals surface area contributed by atoms with E-state index in [1.165, 1.54) is 30.5 Å². The highest BCUT2D eigenvalue weighted by atomic mass is 32.2. The highest BCUT2D eigenvalue weighted by Crippen LogP contribution is 2.17. The molecule has 1 N–H and O–H groups in total. The minimum absolute atomic E-state index is 0.00237. The minimum Gasteiger partial charge on any atom is -0.468 e. The van der Waals surface area contributed by atoms with Gasteiger partial charge in [0, 0.05) is 5.56 Å². The van der Waals surface area contributed by atoms with Gasteiger partial charge in [-0.15, -0.1) is 0 Å². The van der Waals surface area contributed by atoms with Gasteiger partial charge in [-0.2, -0.15) is 0 Å². The number of carbonyl (C=O) groups excluding carboxylic acids is 2. The van der Waals surface area contributed by atoms with Crippen LogP contribution in [0.25, 0.3) is 0 Å². The van der Waals surface area contributed by atoms with Gasteiger partial charge in [0.25, 0.3) is 0 Å². The average molecular weight is 442 g/mol. The normalized spacial score (nSPS) is 11.3. The van der Waals surface area contributed by atoms with Crippen molar-refractivity contribution in [3.63, 3.8) is 0 Å². The molecule has 0 atom stereocenters. The second-order valence-corrected chi connectivity index (χ2v) is 8.95. The first kappa shape index (κ1) is 22.5. The molecule has 0 fully saturated rings. The molecule has 0 aliphatic heterocycles. The summed E-state index contributed by atoms with van der Waals surface area (Å²) < 4.78 is 37.3. The molecular formula is C23H23NO6S. The third kappa shape index (κ3) is 5.48. The van der Waals surface area contributed by atoms with E-state index in [4.69, 9.17) is 9.15 Å². The molecule has 3 aromatic rings. The van der Waals surface area contributed by atoms with Gasteiger partial charge in [0.15, 0.2) is 6.61 Å². The first-order valence-electron chi connectivity index (χ1n) is 9.57. The maximum Gasteiger partial charge on any atom is 0.338 e. The zero-order valence-corrected chi connectivity index (χ0v) is 18.3. The van der Waals surface area contributed by atoms with Crippen molar-refractivity contribution in [2.75, 3.05) is 6.61 Å². The fourth-order valence-electron chi connectivity index (χ4n) is 2.99. The summed E-state index contributed by atoms with van der Waals surface area (Å²) in [6.07, 6.45) is 1.45. The lowest BCUT2D eigenvalue weighted by molar-refractivity contribution is 0.0474. The summed E-state index contributed by atoms with van der Waals surface area (Å²) in [7, 11) is -3.77. The second-order valence-electron chi connectivity index (χ2n) is 7.18. The van der Waals surface area contributed by atoms with Crippen LogP contribution in [-0.2, 0) is 21.3 Å². The summed E-state index contributed by atoms with van der Waals surface area (Å²) in [6.45, 7) is 5.33. The third-order valence-corrected chi connectivity index (χ3v) is 6.31. The van der Waals surface area contributed by atoms with Crippen molar-refractivity contribution in [2.24, 2.45) is 0 Å². The van der Waals surface area contributed by atoms with Gasteiger partial charge in [-0.1, -0.05) is 6.07 Å². The number of ketones is 1. The van der Waals surface area contributed by atoms with E-state index in [0.717, 1.165) is 16.7 Å². The van der Waals surface area contributed by atoms with E-state index in [1.807, 2.05) is 26.8 Å². The summed E-state index contributed by atoms with van der Waals surface area (Å²) in [6, 6.07) is 12.3. The first-order chi connectivity index (χ1) is 14.7. The zero-order chi connectivity index (χ0) is 22.6. The summed E-state index contributed by atoms with van der Waals surface area (Å²) in [5.74, 6) is -0.523. The van der Waals surface area contributed by atoms with Gasteiger partial charge >= 0.3 is 5.97 Å². The van der Waals surface area contributed by atoms with E-state index in [2.05, 4.69) is 4.72 Å². The van der Waals surface area contributed by atoms with Crippen molar-refractivity contribution in [1.29, 1.82) is 0 Å². The summed E-state index contributed by atoms with van der Waals surface area (Å²) in [4.78, 5) is 24.7. The molecule has 0 radical (unpaired) electrons. The third-order valence-electron chi connectivity index (χ3n) is 4.89. The van der Waals surface area contributed by atoms with Crippen molar-refractivity contribution in [1.82, 2.24) is 4.72 Å². The molecule has 0 saturated heterocycles. The van der Waals surface area contributed by atoms with Crippen molar-refractivity contribution in [3.05, 3.63) is 88.4 Å². The molecular weight excluding hydrogens is 418 g/mol. The molecule has 31 heavy (non-hydrogen) atoms. The summed E-state index contributed by atoms with van der Waals surface area (Å²) in [5.41, 5.74) is 3.55. The summed E-state index contributed by atoms with van der Waals surface area (Å²) in [5, 5.41) is 0. The van der Waals surface area contributed by atoms with E-state index in [1.54, 1.807) is 18.2 Å². The number of hydrogen-bond acceptors (Lipinski definition) is 6. The Labute approximate surface area is 181 Å². The van der Waals surface area contributed by atoms with Crippen LogP contribution in [0.4, 0.5) is 0 Å². The van der Waals surface area contributed by atoms with Crippen LogP contribution in [0.2, 0.25) is 0 Å². The Morgan fingerprint density at radius 1 is 0.968 bits per heavy atom. The Bertz CT molecular complexity index is 1200. The lowest BCUT2D eigenvalue weighted by atomic mass is 9.98. The molecule has 0 bridgehead atoms. The van der Waals surface area contributed by atoms with Crippen molar-refractivity contribution in [2.45, 2.75) is 32.2 Å². The molecule has 0 saturated carbocycles. The number of furan rings is 1. The monoisotopic (exact) mass is 441 g/mol. The fourth-order valence-corrected chi connectivity index (χ4v) is 3.98. The number of aryl methyl sites for hydroxylation is 3. The molecule has 2 aromatic carbocycles. The molecule has 1 heterocycles. The number of benzene rings is 2. The van der Waals surface area contributed by atoms with Gasteiger partial charge in [0.1, 0.15) is 5.76 Å². The van der Waals surface area contributed by atoms with Gasteiger partial charge < -0.3 is 9.15 Å². The van der Waals surface area contributed by atoms with Crippen LogP contribution in [-0.4, -0.2) is 26.8 Å². The molecule has 0 aliphatic rings. The molecule has 7 nitrogen and oxygen atoms in total. The Morgan fingerprint density at radius 2 is 1.65 bits per heavy atom. The van der Waals surface area contributed by atoms with Gasteiger partial charge in [-0.25, -0.2) is 17.9 Å². The van der Waals surface area contributed by atoms with Gasteiger partial charge in [-0.3, -0.25) is 4.79 Å². The van der Waals surface area contributed by atoms with Crippen LogP contribution in [0.5, 0.6) is 0 Å². The summed E-state index contributed by atoms with van der Waals surface area (Å²) >= 11 is 0. The second kappa shape index (κ2) is 9.28. The number of sulfonamides is 1. The highest BCUT2D eigenvalue weighted by Gasteiger charge is 2.17.